The largest absolute Gasteiger partial charge is 0.493 e. The number of methoxy groups -OCH3 is 3. The van der Waals surface area contributed by atoms with E-state index in [1.807, 2.05) is 36.5 Å². The van der Waals surface area contributed by atoms with E-state index in [1.54, 1.807) is 27.5 Å². The van der Waals surface area contributed by atoms with Crippen molar-refractivity contribution in [2.45, 2.75) is 18.9 Å². The quantitative estimate of drug-likeness (QED) is 0.410. The fourth-order valence-electron chi connectivity index (χ4n) is 4.66. The van der Waals surface area contributed by atoms with Crippen molar-refractivity contribution in [1.82, 2.24) is 15.3 Å². The van der Waals surface area contributed by atoms with Crippen molar-refractivity contribution in [3.63, 3.8) is 0 Å². The first-order chi connectivity index (χ1) is 17.1. The van der Waals surface area contributed by atoms with Crippen molar-refractivity contribution >= 4 is 16.9 Å². The number of nitrogens with zero attached hydrogens (tertiary/aromatic N) is 3. The number of likely N-dealkylation sites (N-methyl/N-ethyl adjacent to an activating group) is 1. The molecule has 0 aliphatic carbocycles. The van der Waals surface area contributed by atoms with Gasteiger partial charge in [0.25, 0.3) is 0 Å². The zero-order valence-corrected chi connectivity index (χ0v) is 20.5. The zero-order chi connectivity index (χ0) is 24.4. The summed E-state index contributed by atoms with van der Waals surface area (Å²) in [7, 11) is 6.89. The summed E-state index contributed by atoms with van der Waals surface area (Å²) in [5, 5.41) is 3.48. The third-order valence-corrected chi connectivity index (χ3v) is 6.60. The predicted octanol–water partition coefficient (Wildman–Crippen LogP) is 4.77. The molecule has 0 amide bonds. The third-order valence-electron chi connectivity index (χ3n) is 6.60. The summed E-state index contributed by atoms with van der Waals surface area (Å²) in [4.78, 5) is 11.4. The standard InChI is InChI=1S/C27H30N4O4/c1-31(19-6-5-9-28-16-19)25-14-17(7-10-30-25)20-8-11-29-21-15-22(35-26(20)21)18-12-23(32-2)27(34-4)24(13-18)33-3/h7-8,10-15,19,28H,5-6,9,16H2,1-4H3. The number of rotatable bonds is 7. The molecule has 1 N–H and O–H groups in total. The molecule has 8 nitrogen and oxygen atoms in total. The molecule has 1 unspecified atom stereocenters. The molecule has 0 spiro atoms. The van der Waals surface area contributed by atoms with Gasteiger partial charge >= 0.3 is 0 Å². The molecule has 3 aromatic heterocycles. The first-order valence-corrected chi connectivity index (χ1v) is 11.7. The van der Waals surface area contributed by atoms with E-state index < -0.39 is 0 Å². The molecule has 1 aliphatic rings. The fourth-order valence-corrected chi connectivity index (χ4v) is 4.66. The van der Waals surface area contributed by atoms with Crippen LogP contribution in [0.15, 0.2) is 53.2 Å². The van der Waals surface area contributed by atoms with Gasteiger partial charge in [0, 0.05) is 49.2 Å². The number of benzene rings is 1. The molecular formula is C27H30N4O4. The summed E-state index contributed by atoms with van der Waals surface area (Å²) in [6.45, 7) is 2.05. The Kier molecular flexibility index (Phi) is 6.46. The Labute approximate surface area is 204 Å². The fraction of sp³-hybridized carbons (Fsp3) is 0.333. The number of piperidine rings is 1. The highest BCUT2D eigenvalue weighted by molar-refractivity contribution is 5.93. The van der Waals surface area contributed by atoms with Gasteiger partial charge in [-0.05, 0) is 55.3 Å². The van der Waals surface area contributed by atoms with E-state index in [0.29, 0.717) is 29.1 Å². The van der Waals surface area contributed by atoms with Crippen molar-refractivity contribution in [2.24, 2.45) is 0 Å². The highest BCUT2D eigenvalue weighted by Gasteiger charge is 2.21. The van der Waals surface area contributed by atoms with Gasteiger partial charge < -0.3 is 28.8 Å². The average molecular weight is 475 g/mol. The van der Waals surface area contributed by atoms with E-state index in [9.17, 15) is 0 Å². The van der Waals surface area contributed by atoms with Crippen LogP contribution >= 0.6 is 0 Å². The van der Waals surface area contributed by atoms with Crippen molar-refractivity contribution in [3.05, 3.63) is 48.8 Å². The Morgan fingerprint density at radius 2 is 1.71 bits per heavy atom. The maximum absolute atomic E-state index is 6.37. The molecule has 1 saturated heterocycles. The molecule has 182 valence electrons. The maximum Gasteiger partial charge on any atom is 0.203 e. The van der Waals surface area contributed by atoms with Crippen LogP contribution in [-0.4, -0.2) is 57.5 Å². The number of nitrogens with one attached hydrogen (secondary N) is 1. The lowest BCUT2D eigenvalue weighted by atomic mass is 10.0. The normalized spacial score (nSPS) is 15.7. The summed E-state index contributed by atoms with van der Waals surface area (Å²) in [6, 6.07) is 12.2. The van der Waals surface area contributed by atoms with Gasteiger partial charge in [0.2, 0.25) is 5.75 Å². The number of pyridine rings is 2. The summed E-state index contributed by atoms with van der Waals surface area (Å²) < 4.78 is 22.9. The van der Waals surface area contributed by atoms with Gasteiger partial charge in [0.1, 0.15) is 17.1 Å². The van der Waals surface area contributed by atoms with Crippen LogP contribution < -0.4 is 24.4 Å². The van der Waals surface area contributed by atoms with Gasteiger partial charge in [-0.1, -0.05) is 0 Å². The van der Waals surface area contributed by atoms with Gasteiger partial charge in [-0.15, -0.1) is 0 Å². The van der Waals surface area contributed by atoms with Crippen LogP contribution in [0.3, 0.4) is 0 Å². The van der Waals surface area contributed by atoms with Crippen molar-refractivity contribution in [1.29, 1.82) is 0 Å². The summed E-state index contributed by atoms with van der Waals surface area (Å²) in [5.74, 6) is 3.27. The van der Waals surface area contributed by atoms with E-state index in [2.05, 4.69) is 33.3 Å². The number of hydrogen-bond donors (Lipinski definition) is 1. The smallest absolute Gasteiger partial charge is 0.203 e. The van der Waals surface area contributed by atoms with Crippen LogP contribution in [0.4, 0.5) is 5.82 Å². The van der Waals surface area contributed by atoms with Crippen LogP contribution in [-0.2, 0) is 0 Å². The molecule has 1 fully saturated rings. The van der Waals surface area contributed by atoms with Crippen LogP contribution in [0.25, 0.3) is 33.6 Å². The maximum atomic E-state index is 6.37. The number of ether oxygens (including phenoxy) is 3. The van der Waals surface area contributed by atoms with Gasteiger partial charge in [-0.25, -0.2) is 4.98 Å². The molecular weight excluding hydrogens is 444 g/mol. The van der Waals surface area contributed by atoms with Crippen LogP contribution in [0.1, 0.15) is 12.8 Å². The highest BCUT2D eigenvalue weighted by atomic mass is 16.5. The highest BCUT2D eigenvalue weighted by Crippen LogP contribution is 2.43. The van der Waals surface area contributed by atoms with Gasteiger partial charge in [0.15, 0.2) is 17.1 Å². The number of anilines is 1. The number of hydrogen-bond acceptors (Lipinski definition) is 8. The topological polar surface area (TPSA) is 81.9 Å². The first kappa shape index (κ1) is 23.0. The van der Waals surface area contributed by atoms with E-state index in [0.717, 1.165) is 53.1 Å². The molecule has 1 aromatic carbocycles. The van der Waals surface area contributed by atoms with Gasteiger partial charge in [-0.3, -0.25) is 4.98 Å². The van der Waals surface area contributed by atoms with E-state index >= 15 is 0 Å². The van der Waals surface area contributed by atoms with Crippen molar-refractivity contribution < 1.29 is 18.6 Å². The zero-order valence-electron chi connectivity index (χ0n) is 20.5. The summed E-state index contributed by atoms with van der Waals surface area (Å²) >= 11 is 0. The van der Waals surface area contributed by atoms with E-state index in [4.69, 9.17) is 18.6 Å². The third kappa shape index (κ3) is 4.37. The summed E-state index contributed by atoms with van der Waals surface area (Å²) in [6.07, 6.45) is 5.99. The van der Waals surface area contributed by atoms with Crippen LogP contribution in [0.2, 0.25) is 0 Å². The second kappa shape index (κ2) is 9.84. The molecule has 1 atom stereocenters. The molecule has 0 bridgehead atoms. The Morgan fingerprint density at radius 3 is 2.40 bits per heavy atom. The van der Waals surface area contributed by atoms with E-state index in [1.165, 1.54) is 6.42 Å². The molecule has 1 aliphatic heterocycles. The Balaban J connectivity index is 1.54. The predicted molar refractivity (Wildman–Crippen MR) is 137 cm³/mol. The number of furan rings is 1. The first-order valence-electron chi connectivity index (χ1n) is 11.7. The summed E-state index contributed by atoms with van der Waals surface area (Å²) in [5.41, 5.74) is 4.30. The monoisotopic (exact) mass is 474 g/mol. The van der Waals surface area contributed by atoms with Crippen molar-refractivity contribution in [3.8, 4) is 39.7 Å². The lowest BCUT2D eigenvalue weighted by Gasteiger charge is -2.32. The molecule has 0 radical (unpaired) electrons. The van der Waals surface area contributed by atoms with Crippen molar-refractivity contribution in [2.75, 3.05) is 46.4 Å². The average Bonchev–Trinajstić information content (AvgIpc) is 3.37. The second-order valence-corrected chi connectivity index (χ2v) is 8.61. The Hall–Kier alpha value is -3.78. The minimum Gasteiger partial charge on any atom is -0.493 e. The second-order valence-electron chi connectivity index (χ2n) is 8.61. The minimum atomic E-state index is 0.430. The molecule has 0 saturated carbocycles. The lowest BCUT2D eigenvalue weighted by Crippen LogP contribution is -2.44. The molecule has 4 aromatic rings. The molecule has 8 heteroatoms. The molecule has 4 heterocycles. The Bertz CT molecular complexity index is 1310. The van der Waals surface area contributed by atoms with Crippen LogP contribution in [0, 0.1) is 0 Å². The van der Waals surface area contributed by atoms with Gasteiger partial charge in [-0.2, -0.15) is 0 Å². The SMILES string of the molecule is COc1cc(-c2cc3nccc(-c4ccnc(N(C)C5CCCNC5)c4)c3o2)cc(OC)c1OC. The van der Waals surface area contributed by atoms with Gasteiger partial charge in [0.05, 0.1) is 21.3 Å². The molecule has 5 rings (SSSR count). The number of aromatic nitrogens is 2. The lowest BCUT2D eigenvalue weighted by molar-refractivity contribution is 0.324. The number of fused-ring (bicyclic) bond motifs is 1. The van der Waals surface area contributed by atoms with E-state index in [-0.39, 0.29) is 0 Å². The molecule has 35 heavy (non-hydrogen) atoms. The minimum absolute atomic E-state index is 0.430. The van der Waals surface area contributed by atoms with Crippen LogP contribution in [0.5, 0.6) is 17.2 Å². The Morgan fingerprint density at radius 1 is 0.943 bits per heavy atom.